The van der Waals surface area contributed by atoms with Crippen molar-refractivity contribution in [3.05, 3.63) is 73.9 Å². The fourth-order valence-corrected chi connectivity index (χ4v) is 3.58. The Labute approximate surface area is 197 Å². The van der Waals surface area contributed by atoms with Gasteiger partial charge in [0.05, 0.1) is 10.7 Å². The number of carbonyl (C=O) groups is 1. The van der Waals surface area contributed by atoms with Gasteiger partial charge in [0.25, 0.3) is 11.1 Å². The van der Waals surface area contributed by atoms with E-state index in [2.05, 4.69) is 22.2 Å². The first-order chi connectivity index (χ1) is 15.8. The number of nitrogens with one attached hydrogen (secondary N) is 2. The number of H-pyrrole nitrogens is 1. The quantitative estimate of drug-likeness (QED) is 0.455. The maximum absolute atomic E-state index is 12.5. The molecular weight excluding hydrogens is 440 g/mol. The smallest absolute Gasteiger partial charge is 0.251 e. The van der Waals surface area contributed by atoms with Crippen LogP contribution >= 0.6 is 11.6 Å². The van der Waals surface area contributed by atoms with Crippen LogP contribution in [0.5, 0.6) is 0 Å². The van der Waals surface area contributed by atoms with Crippen LogP contribution in [-0.2, 0) is 17.9 Å². The van der Waals surface area contributed by atoms with Crippen LogP contribution in [0.1, 0.15) is 45.6 Å². The molecular formula is C25H29ClN4O3. The molecule has 0 unspecified atom stereocenters. The van der Waals surface area contributed by atoms with Crippen LogP contribution in [0.25, 0.3) is 22.6 Å². The van der Waals surface area contributed by atoms with E-state index in [1.54, 1.807) is 29.0 Å². The van der Waals surface area contributed by atoms with Crippen LogP contribution in [0.4, 0.5) is 0 Å². The Balaban J connectivity index is 1.91. The summed E-state index contributed by atoms with van der Waals surface area (Å²) in [6, 6.07) is 9.96. The summed E-state index contributed by atoms with van der Waals surface area (Å²) >= 11 is 6.40. The van der Waals surface area contributed by atoms with Gasteiger partial charge >= 0.3 is 0 Å². The van der Waals surface area contributed by atoms with Crippen LogP contribution in [-0.4, -0.2) is 20.4 Å². The average Bonchev–Trinajstić information content (AvgIpc) is 2.79. The summed E-state index contributed by atoms with van der Waals surface area (Å²) in [6.07, 6.45) is 4.82. The molecule has 0 spiro atoms. The second-order valence-electron chi connectivity index (χ2n) is 8.32. The minimum absolute atomic E-state index is 0.0514. The van der Waals surface area contributed by atoms with Crippen molar-refractivity contribution in [1.82, 2.24) is 19.9 Å². The molecule has 0 radical (unpaired) electrons. The topological polar surface area (TPSA) is 96.8 Å². The Morgan fingerprint density at radius 2 is 1.94 bits per heavy atom. The number of rotatable bonds is 9. The van der Waals surface area contributed by atoms with Gasteiger partial charge < -0.3 is 14.9 Å². The molecule has 0 atom stereocenters. The highest BCUT2D eigenvalue weighted by atomic mass is 35.5. The number of aromatic nitrogens is 3. The van der Waals surface area contributed by atoms with E-state index in [9.17, 15) is 14.4 Å². The summed E-state index contributed by atoms with van der Waals surface area (Å²) in [5, 5.41) is 3.28. The lowest BCUT2D eigenvalue weighted by Gasteiger charge is -2.11. The summed E-state index contributed by atoms with van der Waals surface area (Å²) in [4.78, 5) is 44.1. The number of unbranched alkanes of at least 4 members (excludes halogenated alkanes) is 2. The largest absolute Gasteiger partial charge is 0.352 e. The number of aryl methyl sites for hydroxylation is 1. The van der Waals surface area contributed by atoms with E-state index >= 15 is 0 Å². The van der Waals surface area contributed by atoms with Crippen LogP contribution in [0.15, 0.2) is 52.2 Å². The lowest BCUT2D eigenvalue weighted by atomic mass is 10.1. The fraction of sp³-hybridized carbons (Fsp3) is 0.360. The highest BCUT2D eigenvalue weighted by Gasteiger charge is 2.12. The van der Waals surface area contributed by atoms with Gasteiger partial charge in [-0.3, -0.25) is 14.4 Å². The third-order valence-corrected chi connectivity index (χ3v) is 5.64. The maximum Gasteiger partial charge on any atom is 0.251 e. The first kappa shape index (κ1) is 24.5. The molecule has 0 fully saturated rings. The molecule has 7 nitrogen and oxygen atoms in total. The minimum atomic E-state index is -0.350. The van der Waals surface area contributed by atoms with Crippen molar-refractivity contribution in [3.8, 4) is 22.6 Å². The molecule has 3 aromatic rings. The molecule has 1 amide bonds. The second kappa shape index (κ2) is 11.1. The van der Waals surface area contributed by atoms with Crippen molar-refractivity contribution in [2.24, 2.45) is 5.92 Å². The lowest BCUT2D eigenvalue weighted by Crippen LogP contribution is -2.27. The van der Waals surface area contributed by atoms with E-state index in [1.165, 1.54) is 12.1 Å². The number of benzene rings is 1. The Morgan fingerprint density at radius 1 is 1.15 bits per heavy atom. The van der Waals surface area contributed by atoms with Gasteiger partial charge in [0.2, 0.25) is 5.91 Å². The molecule has 2 N–H and O–H groups in total. The number of aromatic amines is 1. The molecule has 0 saturated heterocycles. The summed E-state index contributed by atoms with van der Waals surface area (Å²) in [6.45, 7) is 6.77. The van der Waals surface area contributed by atoms with Gasteiger partial charge in [0.15, 0.2) is 0 Å². The zero-order chi connectivity index (χ0) is 24.0. The standard InChI is InChI=1S/C25H29ClN4O3/c1-4-5-6-10-30-11-9-18(13-23(30)32)21-14-22(31)29-24(28-21)19-12-17(7-8-20(19)26)15-27-25(33)16(2)3/h7-9,11-14,16H,4-6,10,15H2,1-3H3,(H,27,33)(H,28,29,31). The monoisotopic (exact) mass is 468 g/mol. The van der Waals surface area contributed by atoms with Gasteiger partial charge in [-0.05, 0) is 30.2 Å². The zero-order valence-corrected chi connectivity index (χ0v) is 19.9. The summed E-state index contributed by atoms with van der Waals surface area (Å²) in [5.74, 6) is 0.129. The van der Waals surface area contributed by atoms with Gasteiger partial charge in [-0.15, -0.1) is 0 Å². The van der Waals surface area contributed by atoms with Crippen LogP contribution in [0.3, 0.4) is 0 Å². The van der Waals surface area contributed by atoms with E-state index < -0.39 is 0 Å². The number of carbonyl (C=O) groups excluding carboxylic acids is 1. The number of nitrogens with zero attached hydrogens (tertiary/aromatic N) is 2. The maximum atomic E-state index is 12.5. The molecule has 2 aromatic heterocycles. The van der Waals surface area contributed by atoms with Crippen molar-refractivity contribution in [1.29, 1.82) is 0 Å². The molecule has 0 aliphatic heterocycles. The first-order valence-corrected chi connectivity index (χ1v) is 11.5. The van der Waals surface area contributed by atoms with Gasteiger partial charge in [-0.25, -0.2) is 4.98 Å². The highest BCUT2D eigenvalue weighted by molar-refractivity contribution is 6.33. The van der Waals surface area contributed by atoms with E-state index in [-0.39, 0.29) is 22.9 Å². The normalized spacial score (nSPS) is 11.1. The summed E-state index contributed by atoms with van der Waals surface area (Å²) in [7, 11) is 0. The highest BCUT2D eigenvalue weighted by Crippen LogP contribution is 2.27. The molecule has 0 aliphatic rings. The van der Waals surface area contributed by atoms with E-state index in [1.807, 2.05) is 19.9 Å². The Morgan fingerprint density at radius 3 is 2.64 bits per heavy atom. The molecule has 33 heavy (non-hydrogen) atoms. The lowest BCUT2D eigenvalue weighted by molar-refractivity contribution is -0.124. The third-order valence-electron chi connectivity index (χ3n) is 5.31. The van der Waals surface area contributed by atoms with Crippen molar-refractivity contribution in [3.63, 3.8) is 0 Å². The van der Waals surface area contributed by atoms with Gasteiger partial charge in [0, 0.05) is 48.5 Å². The molecule has 3 rings (SSSR count). The number of pyridine rings is 1. The number of amides is 1. The van der Waals surface area contributed by atoms with Crippen LogP contribution in [0.2, 0.25) is 5.02 Å². The van der Waals surface area contributed by atoms with Crippen LogP contribution < -0.4 is 16.4 Å². The molecule has 8 heteroatoms. The molecule has 2 heterocycles. The van der Waals surface area contributed by atoms with Crippen molar-refractivity contribution in [2.75, 3.05) is 0 Å². The predicted molar refractivity (Wildman–Crippen MR) is 131 cm³/mol. The van der Waals surface area contributed by atoms with Gasteiger partial charge in [-0.1, -0.05) is 51.3 Å². The Bertz CT molecular complexity index is 1250. The van der Waals surface area contributed by atoms with Gasteiger partial charge in [0.1, 0.15) is 5.82 Å². The van der Waals surface area contributed by atoms with E-state index in [0.717, 1.165) is 24.8 Å². The number of hydrogen-bond acceptors (Lipinski definition) is 4. The Hall–Kier alpha value is -3.19. The zero-order valence-electron chi connectivity index (χ0n) is 19.2. The molecule has 0 aliphatic carbocycles. The second-order valence-corrected chi connectivity index (χ2v) is 8.73. The SMILES string of the molecule is CCCCCn1ccc(-c2cc(=O)[nH]c(-c3cc(CNC(=O)C(C)C)ccc3Cl)n2)cc1=O. The summed E-state index contributed by atoms with van der Waals surface area (Å²) in [5.41, 5.74) is 1.84. The predicted octanol–water partition coefficient (Wildman–Crippen LogP) is 4.38. The van der Waals surface area contributed by atoms with Crippen molar-refractivity contribution >= 4 is 17.5 Å². The third kappa shape index (κ3) is 6.42. The summed E-state index contributed by atoms with van der Waals surface area (Å²) < 4.78 is 1.67. The number of hydrogen-bond donors (Lipinski definition) is 2. The van der Waals surface area contributed by atoms with E-state index in [4.69, 9.17) is 11.6 Å². The van der Waals surface area contributed by atoms with Crippen LogP contribution in [0, 0.1) is 5.92 Å². The molecule has 0 saturated carbocycles. The van der Waals surface area contributed by atoms with Crippen molar-refractivity contribution < 1.29 is 4.79 Å². The first-order valence-electron chi connectivity index (χ1n) is 11.2. The Kier molecular flexibility index (Phi) is 8.22. The molecule has 174 valence electrons. The minimum Gasteiger partial charge on any atom is -0.352 e. The number of halogens is 1. The fourth-order valence-electron chi connectivity index (χ4n) is 3.37. The van der Waals surface area contributed by atoms with Crippen molar-refractivity contribution in [2.45, 2.75) is 53.1 Å². The molecule has 1 aromatic carbocycles. The van der Waals surface area contributed by atoms with E-state index in [0.29, 0.717) is 40.8 Å². The van der Waals surface area contributed by atoms with Gasteiger partial charge in [-0.2, -0.15) is 0 Å². The average molecular weight is 469 g/mol. The molecule has 0 bridgehead atoms.